The highest BCUT2D eigenvalue weighted by molar-refractivity contribution is 6.33. The van der Waals surface area contributed by atoms with Crippen LogP contribution < -0.4 is 5.32 Å². The maximum Gasteiger partial charge on any atom is 0.252 e. The molecule has 0 aliphatic rings. The molecule has 1 amide bonds. The molecule has 15 heavy (non-hydrogen) atoms. The number of hydrogen-bond acceptors (Lipinski definition) is 1. The summed E-state index contributed by atoms with van der Waals surface area (Å²) in [4.78, 5) is 11.8. The van der Waals surface area contributed by atoms with Gasteiger partial charge in [0.1, 0.15) is 0 Å². The second-order valence-electron chi connectivity index (χ2n) is 3.77. The van der Waals surface area contributed by atoms with Crippen LogP contribution in [0.15, 0.2) is 18.2 Å². The Morgan fingerprint density at radius 3 is 2.73 bits per heavy atom. The summed E-state index contributed by atoms with van der Waals surface area (Å²) in [5, 5.41) is 3.39. The lowest BCUT2D eigenvalue weighted by atomic mass is 10.1. The number of rotatable bonds is 3. The van der Waals surface area contributed by atoms with Gasteiger partial charge in [0.15, 0.2) is 0 Å². The smallest absolute Gasteiger partial charge is 0.252 e. The van der Waals surface area contributed by atoms with Crippen molar-refractivity contribution in [2.75, 3.05) is 0 Å². The maximum atomic E-state index is 11.8. The Hall–Kier alpha value is -1.02. The molecule has 0 fully saturated rings. The van der Waals surface area contributed by atoms with E-state index in [9.17, 15) is 4.79 Å². The third-order valence-corrected chi connectivity index (χ3v) is 2.67. The fraction of sp³-hybridized carbons (Fsp3) is 0.417. The number of carbonyl (C=O) groups is 1. The van der Waals surface area contributed by atoms with Crippen molar-refractivity contribution in [3.63, 3.8) is 0 Å². The molecule has 0 aromatic heterocycles. The van der Waals surface area contributed by atoms with Crippen LogP contribution in [-0.4, -0.2) is 11.9 Å². The van der Waals surface area contributed by atoms with E-state index in [2.05, 4.69) is 5.32 Å². The minimum Gasteiger partial charge on any atom is -0.350 e. The molecule has 1 atom stereocenters. The van der Waals surface area contributed by atoms with Crippen molar-refractivity contribution in [1.29, 1.82) is 0 Å². The second kappa shape index (κ2) is 5.17. The third-order valence-electron chi connectivity index (χ3n) is 2.36. The van der Waals surface area contributed by atoms with E-state index in [0.717, 1.165) is 12.0 Å². The summed E-state index contributed by atoms with van der Waals surface area (Å²) in [7, 11) is 0. The van der Waals surface area contributed by atoms with Crippen molar-refractivity contribution in [2.24, 2.45) is 0 Å². The van der Waals surface area contributed by atoms with Gasteiger partial charge in [-0.25, -0.2) is 0 Å². The zero-order valence-electron chi connectivity index (χ0n) is 9.30. The first kappa shape index (κ1) is 12.1. The molecule has 2 nitrogen and oxygen atoms in total. The predicted octanol–water partition coefficient (Wildman–Crippen LogP) is 3.18. The van der Waals surface area contributed by atoms with E-state index in [1.54, 1.807) is 12.1 Å². The molecule has 0 heterocycles. The lowest BCUT2D eigenvalue weighted by molar-refractivity contribution is 0.0939. The van der Waals surface area contributed by atoms with Crippen molar-refractivity contribution in [1.82, 2.24) is 5.32 Å². The van der Waals surface area contributed by atoms with Crippen LogP contribution >= 0.6 is 11.6 Å². The fourth-order valence-corrected chi connectivity index (χ4v) is 1.53. The average Bonchev–Trinajstić information content (AvgIpc) is 2.17. The van der Waals surface area contributed by atoms with Gasteiger partial charge in [0.05, 0.1) is 10.6 Å². The standard InChI is InChI=1S/C12H16ClNO/c1-4-9(3)14-12(15)10-6-5-8(2)7-11(10)13/h5-7,9H,4H2,1-3H3,(H,14,15)/t9-/m0/s1. The minimum atomic E-state index is -0.102. The van der Waals surface area contributed by atoms with E-state index in [-0.39, 0.29) is 11.9 Å². The van der Waals surface area contributed by atoms with Gasteiger partial charge in [0.25, 0.3) is 5.91 Å². The fourth-order valence-electron chi connectivity index (χ4n) is 1.21. The molecular formula is C12H16ClNO. The molecule has 0 saturated carbocycles. The molecule has 0 bridgehead atoms. The Morgan fingerprint density at radius 2 is 2.20 bits per heavy atom. The van der Waals surface area contributed by atoms with Gasteiger partial charge in [0, 0.05) is 6.04 Å². The number of amides is 1. The summed E-state index contributed by atoms with van der Waals surface area (Å²) in [6.07, 6.45) is 0.912. The summed E-state index contributed by atoms with van der Waals surface area (Å²) < 4.78 is 0. The van der Waals surface area contributed by atoms with Gasteiger partial charge in [-0.05, 0) is 38.0 Å². The van der Waals surface area contributed by atoms with Gasteiger partial charge in [-0.2, -0.15) is 0 Å². The van der Waals surface area contributed by atoms with Gasteiger partial charge in [0.2, 0.25) is 0 Å². The van der Waals surface area contributed by atoms with Crippen LogP contribution in [0, 0.1) is 6.92 Å². The number of hydrogen-bond donors (Lipinski definition) is 1. The van der Waals surface area contributed by atoms with Crippen molar-refractivity contribution in [3.05, 3.63) is 34.3 Å². The lowest BCUT2D eigenvalue weighted by Crippen LogP contribution is -2.32. The molecule has 0 saturated heterocycles. The van der Waals surface area contributed by atoms with E-state index in [1.807, 2.05) is 26.8 Å². The first-order valence-electron chi connectivity index (χ1n) is 5.11. The molecule has 1 aromatic carbocycles. The first-order valence-corrected chi connectivity index (χ1v) is 5.49. The molecule has 1 N–H and O–H groups in total. The first-order chi connectivity index (χ1) is 7.04. The molecule has 0 unspecified atom stereocenters. The minimum absolute atomic E-state index is 0.102. The second-order valence-corrected chi connectivity index (χ2v) is 4.17. The number of aryl methyl sites for hydroxylation is 1. The van der Waals surface area contributed by atoms with Crippen LogP contribution in [0.1, 0.15) is 36.2 Å². The summed E-state index contributed by atoms with van der Waals surface area (Å²) in [5.41, 5.74) is 1.60. The van der Waals surface area contributed by atoms with E-state index >= 15 is 0 Å². The van der Waals surface area contributed by atoms with E-state index in [1.165, 1.54) is 0 Å². The molecular weight excluding hydrogens is 210 g/mol. The van der Waals surface area contributed by atoms with Crippen molar-refractivity contribution < 1.29 is 4.79 Å². The number of nitrogens with one attached hydrogen (secondary N) is 1. The molecule has 82 valence electrons. The van der Waals surface area contributed by atoms with Crippen molar-refractivity contribution in [2.45, 2.75) is 33.2 Å². The summed E-state index contributed by atoms with van der Waals surface area (Å²) >= 11 is 5.99. The molecule has 0 aliphatic heterocycles. The Kier molecular flexibility index (Phi) is 4.15. The normalized spacial score (nSPS) is 12.3. The van der Waals surface area contributed by atoms with Crippen LogP contribution in [0.4, 0.5) is 0 Å². The largest absolute Gasteiger partial charge is 0.350 e. The third kappa shape index (κ3) is 3.24. The average molecular weight is 226 g/mol. The number of halogens is 1. The van der Waals surface area contributed by atoms with Gasteiger partial charge < -0.3 is 5.32 Å². The zero-order chi connectivity index (χ0) is 11.4. The van der Waals surface area contributed by atoms with Crippen LogP contribution in [0.3, 0.4) is 0 Å². The molecule has 1 rings (SSSR count). The highest BCUT2D eigenvalue weighted by atomic mass is 35.5. The Balaban J connectivity index is 2.82. The molecule has 0 radical (unpaired) electrons. The monoisotopic (exact) mass is 225 g/mol. The molecule has 3 heteroatoms. The summed E-state index contributed by atoms with van der Waals surface area (Å²) in [5.74, 6) is -0.102. The van der Waals surface area contributed by atoms with Crippen LogP contribution in [0.5, 0.6) is 0 Å². The van der Waals surface area contributed by atoms with Gasteiger partial charge in [-0.3, -0.25) is 4.79 Å². The molecule has 0 aliphatic carbocycles. The van der Waals surface area contributed by atoms with E-state index in [4.69, 9.17) is 11.6 Å². The Labute approximate surface area is 95.6 Å². The summed E-state index contributed by atoms with van der Waals surface area (Å²) in [6, 6.07) is 5.62. The predicted molar refractivity (Wildman–Crippen MR) is 63.4 cm³/mol. The van der Waals surface area contributed by atoms with Gasteiger partial charge in [-0.1, -0.05) is 24.6 Å². The Bertz CT molecular complexity index is 363. The number of benzene rings is 1. The van der Waals surface area contributed by atoms with Gasteiger partial charge >= 0.3 is 0 Å². The Morgan fingerprint density at radius 1 is 1.53 bits per heavy atom. The maximum absolute atomic E-state index is 11.8. The summed E-state index contributed by atoms with van der Waals surface area (Å²) in [6.45, 7) is 5.95. The van der Waals surface area contributed by atoms with E-state index in [0.29, 0.717) is 10.6 Å². The quantitative estimate of drug-likeness (QED) is 0.841. The highest BCUT2D eigenvalue weighted by Crippen LogP contribution is 2.17. The topological polar surface area (TPSA) is 29.1 Å². The van der Waals surface area contributed by atoms with Crippen molar-refractivity contribution >= 4 is 17.5 Å². The number of carbonyl (C=O) groups excluding carboxylic acids is 1. The van der Waals surface area contributed by atoms with Crippen LogP contribution in [0.2, 0.25) is 5.02 Å². The SMILES string of the molecule is CC[C@H](C)NC(=O)c1ccc(C)cc1Cl. The van der Waals surface area contributed by atoms with Crippen LogP contribution in [0.25, 0.3) is 0 Å². The van der Waals surface area contributed by atoms with Crippen molar-refractivity contribution in [3.8, 4) is 0 Å². The molecule has 0 spiro atoms. The van der Waals surface area contributed by atoms with Gasteiger partial charge in [-0.15, -0.1) is 0 Å². The molecule has 1 aromatic rings. The van der Waals surface area contributed by atoms with Crippen LogP contribution in [-0.2, 0) is 0 Å². The highest BCUT2D eigenvalue weighted by Gasteiger charge is 2.11. The van der Waals surface area contributed by atoms with E-state index < -0.39 is 0 Å². The lowest BCUT2D eigenvalue weighted by Gasteiger charge is -2.12. The zero-order valence-corrected chi connectivity index (χ0v) is 10.1.